The maximum Gasteiger partial charge on any atom is 0.276 e. The Morgan fingerprint density at radius 2 is 2.04 bits per heavy atom. The zero-order valence-electron chi connectivity index (χ0n) is 15.5. The van der Waals surface area contributed by atoms with Crippen LogP contribution in [0.15, 0.2) is 59.2 Å². The molecule has 0 aliphatic rings. The number of benzene rings is 2. The number of rotatable bonds is 6. The van der Waals surface area contributed by atoms with Gasteiger partial charge >= 0.3 is 0 Å². The second kappa shape index (κ2) is 8.35. The van der Waals surface area contributed by atoms with Crippen molar-refractivity contribution in [1.29, 1.82) is 0 Å². The summed E-state index contributed by atoms with van der Waals surface area (Å²) < 4.78 is 6.38. The second-order valence-corrected chi connectivity index (χ2v) is 7.00. The predicted octanol–water partition coefficient (Wildman–Crippen LogP) is 4.26. The predicted molar refractivity (Wildman–Crippen MR) is 107 cm³/mol. The lowest BCUT2D eigenvalue weighted by Gasteiger charge is -2.28. The fourth-order valence-electron chi connectivity index (χ4n) is 3.05. The second-order valence-electron chi connectivity index (χ2n) is 6.08. The molecule has 0 saturated carbocycles. The molecule has 27 heavy (non-hydrogen) atoms. The van der Waals surface area contributed by atoms with Crippen LogP contribution in [0.2, 0.25) is 0 Å². The van der Waals surface area contributed by atoms with Gasteiger partial charge in [-0.2, -0.15) is 9.90 Å². The van der Waals surface area contributed by atoms with Crippen LogP contribution in [0.1, 0.15) is 35.4 Å². The minimum Gasteiger partial charge on any atom is -0.496 e. The first-order valence-corrected chi connectivity index (χ1v) is 9.42. The summed E-state index contributed by atoms with van der Waals surface area (Å²) in [5.41, 5.74) is 2.05. The summed E-state index contributed by atoms with van der Waals surface area (Å²) in [4.78, 5) is 16.1. The van der Waals surface area contributed by atoms with Gasteiger partial charge in [0, 0.05) is 17.1 Å². The number of hydrogen-bond donors (Lipinski definition) is 0. The van der Waals surface area contributed by atoms with Gasteiger partial charge in [0.2, 0.25) is 0 Å². The van der Waals surface area contributed by atoms with Crippen LogP contribution >= 0.6 is 15.9 Å². The van der Waals surface area contributed by atoms with E-state index in [0.717, 1.165) is 27.9 Å². The number of methoxy groups -OCH3 is 1. The van der Waals surface area contributed by atoms with E-state index in [1.807, 2.05) is 55.5 Å². The molecule has 0 saturated heterocycles. The smallest absolute Gasteiger partial charge is 0.276 e. The maximum atomic E-state index is 13.0. The molecule has 3 aromatic rings. The Balaban J connectivity index is 1.86. The van der Waals surface area contributed by atoms with Gasteiger partial charge in [0.1, 0.15) is 5.75 Å². The lowest BCUT2D eigenvalue weighted by atomic mass is 10.0. The number of amides is 1. The van der Waals surface area contributed by atoms with Gasteiger partial charge in [-0.3, -0.25) is 4.79 Å². The first-order chi connectivity index (χ1) is 13.0. The van der Waals surface area contributed by atoms with Crippen molar-refractivity contribution in [2.45, 2.75) is 19.4 Å². The number of halogens is 1. The van der Waals surface area contributed by atoms with Gasteiger partial charge in [0.25, 0.3) is 5.91 Å². The molecule has 0 fully saturated rings. The molecule has 3 rings (SSSR count). The third kappa shape index (κ3) is 4.03. The van der Waals surface area contributed by atoms with Crippen LogP contribution in [0.25, 0.3) is 5.69 Å². The molecule has 0 N–H and O–H groups in total. The molecule has 0 radical (unpaired) electrons. The third-order valence-corrected chi connectivity index (χ3v) is 4.92. The average molecular weight is 429 g/mol. The molecule has 1 unspecified atom stereocenters. The lowest BCUT2D eigenvalue weighted by Crippen LogP contribution is -2.31. The summed E-state index contributed by atoms with van der Waals surface area (Å²) in [5, 5.41) is 8.59. The molecular formula is C20H21BrN4O2. The number of ether oxygens (including phenoxy) is 1. The summed E-state index contributed by atoms with van der Waals surface area (Å²) in [5.74, 6) is 0.579. The quantitative estimate of drug-likeness (QED) is 0.588. The highest BCUT2D eigenvalue weighted by Crippen LogP contribution is 2.31. The highest BCUT2D eigenvalue weighted by atomic mass is 79.9. The summed E-state index contributed by atoms with van der Waals surface area (Å²) >= 11 is 3.43. The maximum absolute atomic E-state index is 13.0. The van der Waals surface area contributed by atoms with E-state index in [0.29, 0.717) is 5.69 Å². The van der Waals surface area contributed by atoms with E-state index in [9.17, 15) is 4.79 Å². The van der Waals surface area contributed by atoms with Crippen molar-refractivity contribution < 1.29 is 9.53 Å². The van der Waals surface area contributed by atoms with Crippen LogP contribution in [0.5, 0.6) is 5.75 Å². The van der Waals surface area contributed by atoms with E-state index < -0.39 is 0 Å². The van der Waals surface area contributed by atoms with Gasteiger partial charge in [0.05, 0.1) is 25.0 Å². The molecule has 7 heteroatoms. The summed E-state index contributed by atoms with van der Waals surface area (Å²) in [6, 6.07) is 15.2. The monoisotopic (exact) mass is 428 g/mol. The number of para-hydroxylation sites is 1. The van der Waals surface area contributed by atoms with Gasteiger partial charge in [-0.1, -0.05) is 47.1 Å². The van der Waals surface area contributed by atoms with E-state index >= 15 is 0 Å². The SMILES string of the molecule is CCC(c1ccccc1OC)N(C)C(=O)c1cnn(-c2cccc(Br)c2)n1. The van der Waals surface area contributed by atoms with Crippen molar-refractivity contribution in [3.05, 3.63) is 70.5 Å². The molecule has 1 amide bonds. The minimum absolute atomic E-state index is 0.121. The summed E-state index contributed by atoms with van der Waals surface area (Å²) in [7, 11) is 3.41. The Morgan fingerprint density at radius 3 is 2.74 bits per heavy atom. The Morgan fingerprint density at radius 1 is 1.26 bits per heavy atom. The Labute approximate surface area is 166 Å². The van der Waals surface area contributed by atoms with Crippen LogP contribution in [0.4, 0.5) is 0 Å². The number of carbonyl (C=O) groups excluding carboxylic acids is 1. The van der Waals surface area contributed by atoms with Gasteiger partial charge in [-0.25, -0.2) is 0 Å². The standard InChI is InChI=1S/C20H21BrN4O2/c1-4-18(16-10-5-6-11-19(16)27-3)24(2)20(26)17-13-22-25(23-17)15-9-7-8-14(21)12-15/h5-13,18H,4H2,1-3H3. The molecule has 140 valence electrons. The number of nitrogens with zero attached hydrogens (tertiary/aromatic N) is 4. The number of aromatic nitrogens is 3. The summed E-state index contributed by atoms with van der Waals surface area (Å²) in [6.45, 7) is 2.04. The van der Waals surface area contributed by atoms with Gasteiger partial charge in [-0.05, 0) is 30.7 Å². The van der Waals surface area contributed by atoms with Gasteiger partial charge in [-0.15, -0.1) is 5.10 Å². The van der Waals surface area contributed by atoms with Crippen molar-refractivity contribution in [2.24, 2.45) is 0 Å². The van der Waals surface area contributed by atoms with Crippen LogP contribution in [-0.4, -0.2) is 40.0 Å². The van der Waals surface area contributed by atoms with Crippen molar-refractivity contribution in [2.75, 3.05) is 14.2 Å². The van der Waals surface area contributed by atoms with E-state index in [1.165, 1.54) is 11.0 Å². The molecule has 6 nitrogen and oxygen atoms in total. The van der Waals surface area contributed by atoms with E-state index in [1.54, 1.807) is 19.1 Å². The van der Waals surface area contributed by atoms with Crippen molar-refractivity contribution in [1.82, 2.24) is 19.9 Å². The van der Waals surface area contributed by atoms with Crippen LogP contribution in [-0.2, 0) is 0 Å². The molecule has 2 aromatic carbocycles. The number of carbonyl (C=O) groups is 1. The largest absolute Gasteiger partial charge is 0.496 e. The zero-order chi connectivity index (χ0) is 19.4. The van der Waals surface area contributed by atoms with Gasteiger partial charge < -0.3 is 9.64 Å². The zero-order valence-corrected chi connectivity index (χ0v) is 17.0. The first kappa shape index (κ1) is 19.1. The highest BCUT2D eigenvalue weighted by molar-refractivity contribution is 9.10. The van der Waals surface area contributed by atoms with Gasteiger partial charge in [0.15, 0.2) is 5.69 Å². The molecule has 1 aromatic heterocycles. The minimum atomic E-state index is -0.186. The Bertz CT molecular complexity index is 941. The fourth-order valence-corrected chi connectivity index (χ4v) is 3.44. The van der Waals surface area contributed by atoms with Crippen LogP contribution in [0.3, 0.4) is 0 Å². The molecular weight excluding hydrogens is 408 g/mol. The molecule has 1 atom stereocenters. The molecule has 0 bridgehead atoms. The Kier molecular flexibility index (Phi) is 5.91. The Hall–Kier alpha value is -2.67. The molecule has 0 aliphatic carbocycles. The fraction of sp³-hybridized carbons (Fsp3) is 0.250. The molecule has 1 heterocycles. The van der Waals surface area contributed by atoms with E-state index in [2.05, 4.69) is 26.1 Å². The van der Waals surface area contributed by atoms with Crippen LogP contribution < -0.4 is 4.74 Å². The van der Waals surface area contributed by atoms with E-state index in [-0.39, 0.29) is 11.9 Å². The van der Waals surface area contributed by atoms with Crippen molar-refractivity contribution >= 4 is 21.8 Å². The summed E-state index contributed by atoms with van der Waals surface area (Å²) in [6.07, 6.45) is 2.25. The number of hydrogen-bond acceptors (Lipinski definition) is 4. The first-order valence-electron chi connectivity index (χ1n) is 8.63. The molecule has 0 spiro atoms. The highest BCUT2D eigenvalue weighted by Gasteiger charge is 2.25. The third-order valence-electron chi connectivity index (χ3n) is 4.42. The van der Waals surface area contributed by atoms with E-state index in [4.69, 9.17) is 4.74 Å². The van der Waals surface area contributed by atoms with Crippen LogP contribution in [0, 0.1) is 0 Å². The lowest BCUT2D eigenvalue weighted by molar-refractivity contribution is 0.0718. The normalized spacial score (nSPS) is 11.9. The van der Waals surface area contributed by atoms with Crippen molar-refractivity contribution in [3.8, 4) is 11.4 Å². The van der Waals surface area contributed by atoms with Crippen molar-refractivity contribution in [3.63, 3.8) is 0 Å². The topological polar surface area (TPSA) is 60.2 Å². The molecule has 0 aliphatic heterocycles. The average Bonchev–Trinajstić information content (AvgIpc) is 3.18.